The molecular weight excluding hydrogens is 795 g/mol. The van der Waals surface area contributed by atoms with Crippen molar-refractivity contribution in [2.24, 2.45) is 0 Å². The maximum atomic E-state index is 13.9. The first kappa shape index (κ1) is 44.2. The molecule has 0 amide bonds. The van der Waals surface area contributed by atoms with Crippen molar-refractivity contribution in [2.75, 3.05) is 24.9 Å². The molecule has 2 N–H and O–H groups in total. The maximum absolute atomic E-state index is 13.9. The fourth-order valence-electron chi connectivity index (χ4n) is 8.67. The molecule has 0 bridgehead atoms. The molecule has 0 radical (unpaired) electrons. The van der Waals surface area contributed by atoms with E-state index in [4.69, 9.17) is 18.9 Å². The van der Waals surface area contributed by atoms with E-state index in [2.05, 4.69) is 76.5 Å². The zero-order valence-electron chi connectivity index (χ0n) is 37.3. The van der Waals surface area contributed by atoms with Crippen LogP contribution in [0.5, 0.6) is 17.2 Å². The Balaban J connectivity index is 0.000000190. The Kier molecular flexibility index (Phi) is 12.8. The minimum atomic E-state index is -0.381. The van der Waals surface area contributed by atoms with E-state index in [-0.39, 0.29) is 35.3 Å². The summed E-state index contributed by atoms with van der Waals surface area (Å²) < 4.78 is 50.6. The van der Waals surface area contributed by atoms with Gasteiger partial charge in [-0.2, -0.15) is 0 Å². The van der Waals surface area contributed by atoms with Crippen LogP contribution in [0.4, 0.5) is 20.2 Å². The predicted octanol–water partition coefficient (Wildman–Crippen LogP) is 13.5. The van der Waals surface area contributed by atoms with Gasteiger partial charge in [-0.15, -0.1) is 0 Å². The molecule has 0 saturated carbocycles. The highest BCUT2D eigenvalue weighted by molar-refractivity contribution is 5.92. The molecule has 2 heterocycles. The summed E-state index contributed by atoms with van der Waals surface area (Å²) in [7, 11) is 3.08. The van der Waals surface area contributed by atoms with Gasteiger partial charge >= 0.3 is 5.97 Å². The van der Waals surface area contributed by atoms with Gasteiger partial charge in [0.25, 0.3) is 0 Å². The van der Waals surface area contributed by atoms with E-state index < -0.39 is 0 Å². The minimum Gasteiger partial charge on any atom is -0.496 e. The lowest BCUT2D eigenvalue weighted by atomic mass is 9.85. The first-order chi connectivity index (χ1) is 30.1. The Morgan fingerprint density at radius 2 is 1.03 bits per heavy atom. The van der Waals surface area contributed by atoms with Gasteiger partial charge in [0.1, 0.15) is 42.1 Å². The van der Waals surface area contributed by atoms with Gasteiger partial charge in [0.2, 0.25) is 0 Å². The van der Waals surface area contributed by atoms with Gasteiger partial charge in [-0.1, -0.05) is 60.7 Å². The molecular formula is C54H54F2N2O5. The molecule has 0 saturated heterocycles. The lowest BCUT2D eigenvalue weighted by molar-refractivity contribution is 0.0472. The summed E-state index contributed by atoms with van der Waals surface area (Å²) in [5.74, 6) is 0.649. The van der Waals surface area contributed by atoms with Crippen LogP contribution in [0.15, 0.2) is 127 Å². The number of halogens is 2. The van der Waals surface area contributed by atoms with E-state index in [9.17, 15) is 13.6 Å². The highest BCUT2D eigenvalue weighted by atomic mass is 19.1. The third-order valence-electron chi connectivity index (χ3n) is 11.2. The van der Waals surface area contributed by atoms with Crippen LogP contribution >= 0.6 is 0 Å². The summed E-state index contributed by atoms with van der Waals surface area (Å²) in [6.07, 6.45) is 4.39. The zero-order chi connectivity index (χ0) is 45.1. The van der Waals surface area contributed by atoms with Crippen molar-refractivity contribution < 1.29 is 32.5 Å². The number of methoxy groups -OCH3 is 2. The number of hydrogen-bond donors (Lipinski definition) is 2. The topological polar surface area (TPSA) is 78.1 Å². The highest BCUT2D eigenvalue weighted by Gasteiger charge is 2.29. The number of nitrogens with one attached hydrogen (secondary N) is 2. The van der Waals surface area contributed by atoms with Gasteiger partial charge in [0.05, 0.1) is 30.9 Å². The number of carbonyl (C=O) groups excluding carboxylic acids is 1. The fourth-order valence-corrected chi connectivity index (χ4v) is 8.67. The van der Waals surface area contributed by atoms with Gasteiger partial charge in [-0.3, -0.25) is 0 Å². The minimum absolute atomic E-state index is 0.0689. The standard InChI is InChI=1S/C28H28FNO3.C26H26FNO2/c1-17-8-6-7-9-20(17)27(31)33-16-23-21(22-11-10-19(29)14-25(22)32-5)12-13-24-26(23)18(2)15-28(3,4)30-24;1-17-15-26(2,3)28-23-13-12-20(21-11-10-18(27)14-24(21)29-4)22(25(17)23)16-30-19-8-6-5-7-9-19/h6-15,30H,16H2,1-5H3;5-15,28H,16H2,1-4H3. The van der Waals surface area contributed by atoms with E-state index in [1.807, 2.05) is 67.6 Å². The number of para-hydroxylation sites is 1. The molecule has 7 nitrogen and oxygen atoms in total. The fraction of sp³-hybridized carbons (Fsp3) is 0.241. The molecule has 63 heavy (non-hydrogen) atoms. The predicted molar refractivity (Wildman–Crippen MR) is 251 cm³/mol. The Morgan fingerprint density at radius 3 is 1.52 bits per heavy atom. The first-order valence-electron chi connectivity index (χ1n) is 20.9. The van der Waals surface area contributed by atoms with E-state index in [1.165, 1.54) is 36.9 Å². The molecule has 0 aromatic heterocycles. The van der Waals surface area contributed by atoms with Crippen molar-refractivity contribution in [3.8, 4) is 39.5 Å². The molecule has 324 valence electrons. The average molecular weight is 849 g/mol. The van der Waals surface area contributed by atoms with Gasteiger partial charge < -0.3 is 29.6 Å². The summed E-state index contributed by atoms with van der Waals surface area (Å²) in [5.41, 5.74) is 12.7. The summed E-state index contributed by atoms with van der Waals surface area (Å²) in [6, 6.07) is 34.3. The lowest BCUT2D eigenvalue weighted by Crippen LogP contribution is -2.32. The van der Waals surface area contributed by atoms with Crippen molar-refractivity contribution in [1.29, 1.82) is 0 Å². The van der Waals surface area contributed by atoms with Crippen molar-refractivity contribution >= 4 is 28.5 Å². The number of rotatable bonds is 10. The van der Waals surface area contributed by atoms with Crippen LogP contribution in [-0.4, -0.2) is 31.3 Å². The third-order valence-corrected chi connectivity index (χ3v) is 11.2. The second kappa shape index (κ2) is 18.2. The molecule has 2 aliphatic heterocycles. The summed E-state index contributed by atoms with van der Waals surface area (Å²) in [4.78, 5) is 12.9. The zero-order valence-corrected chi connectivity index (χ0v) is 37.3. The normalized spacial score (nSPS) is 14.2. The van der Waals surface area contributed by atoms with E-state index in [1.54, 1.807) is 25.3 Å². The maximum Gasteiger partial charge on any atom is 0.338 e. The van der Waals surface area contributed by atoms with E-state index in [0.29, 0.717) is 23.7 Å². The lowest BCUT2D eigenvalue weighted by Gasteiger charge is -2.33. The number of ether oxygens (including phenoxy) is 4. The summed E-state index contributed by atoms with van der Waals surface area (Å²) in [6.45, 7) is 15.0. The Hall–Kier alpha value is -6.87. The molecule has 0 spiro atoms. The van der Waals surface area contributed by atoms with Crippen LogP contribution in [0.2, 0.25) is 0 Å². The van der Waals surface area contributed by atoms with E-state index in [0.717, 1.165) is 72.8 Å². The number of hydrogen-bond acceptors (Lipinski definition) is 7. The first-order valence-corrected chi connectivity index (χ1v) is 20.9. The molecule has 2 aliphatic rings. The molecule has 0 aliphatic carbocycles. The van der Waals surface area contributed by atoms with Gasteiger partial charge in [0, 0.05) is 56.9 Å². The second-order valence-electron chi connectivity index (χ2n) is 17.1. The van der Waals surface area contributed by atoms with Crippen LogP contribution in [0, 0.1) is 18.6 Å². The number of fused-ring (bicyclic) bond motifs is 2. The number of esters is 1. The quantitative estimate of drug-likeness (QED) is 0.133. The van der Waals surface area contributed by atoms with Crippen molar-refractivity contribution in [2.45, 2.75) is 72.8 Å². The van der Waals surface area contributed by atoms with E-state index >= 15 is 0 Å². The van der Waals surface area contributed by atoms with Crippen LogP contribution < -0.4 is 24.8 Å². The molecule has 6 aromatic carbocycles. The summed E-state index contributed by atoms with van der Waals surface area (Å²) >= 11 is 0. The molecule has 9 heteroatoms. The molecule has 0 unspecified atom stereocenters. The molecule has 8 rings (SSSR count). The number of carbonyl (C=O) groups is 1. The Bertz CT molecular complexity index is 2740. The van der Waals surface area contributed by atoms with Gasteiger partial charge in [-0.05, 0) is 131 Å². The van der Waals surface area contributed by atoms with Crippen LogP contribution in [0.3, 0.4) is 0 Å². The van der Waals surface area contributed by atoms with Gasteiger partial charge in [0.15, 0.2) is 0 Å². The van der Waals surface area contributed by atoms with Crippen molar-refractivity contribution in [3.63, 3.8) is 0 Å². The molecule has 0 fully saturated rings. The van der Waals surface area contributed by atoms with Crippen molar-refractivity contribution in [1.82, 2.24) is 0 Å². The highest BCUT2D eigenvalue weighted by Crippen LogP contribution is 2.45. The number of aryl methyl sites for hydroxylation is 1. The van der Waals surface area contributed by atoms with Crippen molar-refractivity contribution in [3.05, 3.63) is 172 Å². The second-order valence-corrected chi connectivity index (χ2v) is 17.1. The van der Waals surface area contributed by atoms with Crippen LogP contribution in [-0.2, 0) is 18.0 Å². The largest absolute Gasteiger partial charge is 0.496 e. The average Bonchev–Trinajstić information content (AvgIpc) is 3.24. The Labute approximate surface area is 369 Å². The number of benzene rings is 6. The monoisotopic (exact) mass is 848 g/mol. The third kappa shape index (κ3) is 9.78. The van der Waals surface area contributed by atoms with Gasteiger partial charge in [-0.25, -0.2) is 13.6 Å². The molecule has 0 atom stereocenters. The number of allylic oxidation sites excluding steroid dienone is 2. The number of anilines is 2. The smallest absolute Gasteiger partial charge is 0.338 e. The SMILES string of the molecule is COc1cc(F)ccc1-c1ccc2c(c1COC(=O)c1ccccc1C)C(C)=CC(C)(C)N2.COc1cc(F)ccc1-c1ccc2c(c1COc1ccccc1)C(C)=CC(C)(C)N2. The summed E-state index contributed by atoms with van der Waals surface area (Å²) in [5, 5.41) is 7.14. The Morgan fingerprint density at radius 1 is 0.571 bits per heavy atom. The van der Waals surface area contributed by atoms with Crippen LogP contribution in [0.1, 0.15) is 79.7 Å². The molecule has 6 aromatic rings. The van der Waals surface area contributed by atoms with Crippen LogP contribution in [0.25, 0.3) is 33.4 Å².